The van der Waals surface area contributed by atoms with Gasteiger partial charge < -0.3 is 40.4 Å². The van der Waals surface area contributed by atoms with Gasteiger partial charge in [-0.25, -0.2) is 0 Å². The Morgan fingerprint density at radius 1 is 0.224 bits per heavy atom. The summed E-state index contributed by atoms with van der Waals surface area (Å²) < 4.78 is 0. The standard InChI is InChI=1S/C139H182N2O6/c1-35-132(36-2)75-123(17,18)112-93(132)71-94-113(124(19,20)76-133(94,37-3)38-4)105(112)83-51-59-87(60-52-83)140(88-61-53-84(54-62-88)106-114-95(134(39-5,40-6)77-125(114,21)22)72-96-115(106)126(23,24)78-135(96,41-7)42-8)91-67-101(142)109(102(143)68-91)111-121(146)120(131(33,34)122(111)147)110-103(144)69-92(70-104(110)145)141(89-63-55-85(56-64-89)107-116-97(136(43-9,44-10)79-127(116,25)26)73-98-117(107)128(27,28)80-137(98,45-11)46-12)90-65-57-86(58-66-90)108-118-99(138(47-13,48-14)81-129(118,29)30)74-100-119(108)130(31,32)82-139(100,49-15)50-16/h51-74,111,120-122,142-145H,35-50,75-82H2,1-34H3/q-2/t111?,120?,121?,122-/m0/s1. The summed E-state index contributed by atoms with van der Waals surface area (Å²) in [4.78, 5) is 4.27. The third kappa shape index (κ3) is 15.1. The molecule has 19 rings (SSSR count). The first-order valence-electron chi connectivity index (χ1n) is 58.4. The van der Waals surface area contributed by atoms with E-state index in [0.29, 0.717) is 11.4 Å². The van der Waals surface area contributed by atoms with Crippen molar-refractivity contribution in [1.29, 1.82) is 0 Å². The van der Waals surface area contributed by atoms with E-state index in [4.69, 9.17) is 0 Å². The Kier molecular flexibility index (Phi) is 25.7. The highest BCUT2D eigenvalue weighted by molar-refractivity contribution is 5.91. The van der Waals surface area contributed by atoms with Gasteiger partial charge in [0.2, 0.25) is 0 Å². The molecule has 1 saturated carbocycles. The lowest BCUT2D eigenvalue weighted by atomic mass is 9.72. The van der Waals surface area contributed by atoms with Crippen molar-refractivity contribution in [2.75, 3.05) is 9.80 Å². The van der Waals surface area contributed by atoms with E-state index in [0.717, 1.165) is 177 Å². The Bertz CT molecular complexity index is 6210. The van der Waals surface area contributed by atoms with Gasteiger partial charge in [0, 0.05) is 58.1 Å². The number of rotatable bonds is 28. The number of anilines is 6. The highest BCUT2D eigenvalue weighted by Crippen LogP contribution is 2.72. The zero-order valence-electron chi connectivity index (χ0n) is 97.1. The Morgan fingerprint density at radius 3 is 0.537 bits per heavy atom. The fraction of sp³-hybridized carbons (Fsp3) is 0.568. The number of nitrogens with zero attached hydrogens (tertiary/aromatic N) is 2. The predicted octanol–water partition coefficient (Wildman–Crippen LogP) is 36.4. The normalized spacial score (nSPS) is 23.4. The number of benzene rings is 10. The molecule has 0 aliphatic heterocycles. The van der Waals surface area contributed by atoms with Crippen molar-refractivity contribution >= 4 is 34.1 Å². The summed E-state index contributed by atoms with van der Waals surface area (Å²) in [5.74, 6) is -4.22. The molecule has 10 aromatic carbocycles. The first-order chi connectivity index (χ1) is 69.0. The van der Waals surface area contributed by atoms with E-state index in [1.165, 1.54) is 134 Å². The van der Waals surface area contributed by atoms with E-state index >= 15 is 10.2 Å². The lowest BCUT2D eigenvalue weighted by Gasteiger charge is -2.40. The van der Waals surface area contributed by atoms with Gasteiger partial charge in [-0.3, -0.25) is 0 Å². The molecule has 4 N–H and O–H groups in total. The average Bonchev–Trinajstić information content (AvgIpc) is 1.54. The third-order valence-electron chi connectivity index (χ3n) is 44.0. The largest absolute Gasteiger partial charge is 0.851 e. The van der Waals surface area contributed by atoms with Crippen molar-refractivity contribution in [2.24, 2.45) is 5.41 Å². The van der Waals surface area contributed by atoms with Crippen LogP contribution in [0.2, 0.25) is 0 Å². The van der Waals surface area contributed by atoms with E-state index in [1.54, 1.807) is 38.1 Å². The summed E-state index contributed by atoms with van der Waals surface area (Å²) in [5, 5.41) is 86.2. The van der Waals surface area contributed by atoms with Crippen LogP contribution in [0.4, 0.5) is 34.1 Å². The van der Waals surface area contributed by atoms with Crippen molar-refractivity contribution < 1.29 is 30.6 Å². The van der Waals surface area contributed by atoms with Crippen LogP contribution < -0.4 is 20.0 Å². The predicted molar refractivity (Wildman–Crippen MR) is 617 cm³/mol. The number of phenols is 4. The fourth-order valence-electron chi connectivity index (χ4n) is 36.6. The molecule has 8 heteroatoms. The van der Waals surface area contributed by atoms with Crippen LogP contribution in [-0.2, 0) is 86.6 Å². The number of aromatic hydroxyl groups is 4. The molecule has 10 aromatic rings. The minimum atomic E-state index is -1.86. The summed E-state index contributed by atoms with van der Waals surface area (Å²) in [7, 11) is 0. The molecular formula is C139H182N2O6-2. The summed E-state index contributed by atoms with van der Waals surface area (Å²) in [6.45, 7) is 81.8. The molecule has 9 aliphatic carbocycles. The van der Waals surface area contributed by atoms with Gasteiger partial charge in [0.1, 0.15) is 23.0 Å². The van der Waals surface area contributed by atoms with Gasteiger partial charge in [-0.2, -0.15) is 0 Å². The SMILES string of the molecule is CCC1(CC)CC(C)(C)c2c1cc1c(c2-c2ccc(N(c3ccc(-c4c5c(cc6c4C(C)(C)CC6(CC)CC)C(CC)(CC)CC5(C)C)cc3)c3cc(O)c(C4C([O-])C(c5c(O)cc(N(c6ccc(-c7c8c(cc9c7C(C)(C)CC9(CC)CC)C(CC)(CC)CC8(C)C)cc6)c6ccc(-c7c8c(cc9c7C(C)(C)CC9(CC)CC)C(CC)(CC)CC8(C)C)cc6)cc5O)C(C)(C)[C@H]4[O-])c(O)c3)cc2)C(C)(C)CC1(CC)CC. The molecule has 3 unspecified atom stereocenters. The maximum atomic E-state index is 16.5. The second-order valence-corrected chi connectivity index (χ2v) is 55.1. The molecule has 786 valence electrons. The average molecular weight is 1980 g/mol. The highest BCUT2D eigenvalue weighted by atomic mass is 16.3. The van der Waals surface area contributed by atoms with Crippen LogP contribution in [0.3, 0.4) is 0 Å². The molecule has 0 bridgehead atoms. The van der Waals surface area contributed by atoms with Crippen molar-refractivity contribution in [3.63, 3.8) is 0 Å². The first kappa shape index (κ1) is 106. The lowest BCUT2D eigenvalue weighted by molar-refractivity contribution is -0.460. The minimum Gasteiger partial charge on any atom is -0.851 e. The van der Waals surface area contributed by atoms with Crippen LogP contribution in [0, 0.1) is 5.41 Å². The van der Waals surface area contributed by atoms with E-state index < -0.39 is 29.5 Å². The van der Waals surface area contributed by atoms with E-state index in [2.05, 4.69) is 353 Å². The van der Waals surface area contributed by atoms with Gasteiger partial charge in [-0.15, -0.1) is 12.2 Å². The van der Waals surface area contributed by atoms with Crippen LogP contribution in [0.15, 0.2) is 146 Å². The molecule has 4 atom stereocenters. The Hall–Kier alpha value is -9.08. The van der Waals surface area contributed by atoms with Gasteiger partial charge in [0.05, 0.1) is 11.4 Å². The quantitative estimate of drug-likeness (QED) is 0.0381. The molecule has 9 aliphatic rings. The zero-order valence-corrected chi connectivity index (χ0v) is 97.1. The maximum Gasteiger partial charge on any atom is 0.124 e. The highest BCUT2D eigenvalue weighted by Gasteiger charge is 2.61. The molecule has 147 heavy (non-hydrogen) atoms. The van der Waals surface area contributed by atoms with Crippen LogP contribution in [0.5, 0.6) is 23.0 Å². The van der Waals surface area contributed by atoms with E-state index in [1.807, 2.05) is 0 Å². The molecule has 0 radical (unpaired) electrons. The van der Waals surface area contributed by atoms with Crippen LogP contribution >= 0.6 is 0 Å². The smallest absolute Gasteiger partial charge is 0.124 e. The maximum absolute atomic E-state index is 16.5. The Labute approximate surface area is 887 Å². The number of fused-ring (bicyclic) bond motifs is 8. The minimum absolute atomic E-state index is 0.0262. The lowest BCUT2D eigenvalue weighted by Crippen LogP contribution is -2.41. The van der Waals surface area contributed by atoms with E-state index in [-0.39, 0.29) is 121 Å². The summed E-state index contributed by atoms with van der Waals surface area (Å²) in [5.41, 5.74) is 36.4. The van der Waals surface area contributed by atoms with Crippen LogP contribution in [0.1, 0.15) is 501 Å². The second kappa shape index (κ2) is 35.5. The third-order valence-corrected chi connectivity index (χ3v) is 44.0. The van der Waals surface area contributed by atoms with Crippen LogP contribution in [0.25, 0.3) is 44.5 Å². The second-order valence-electron chi connectivity index (χ2n) is 55.1. The van der Waals surface area contributed by atoms with Crippen molar-refractivity contribution in [2.45, 2.75) is 500 Å². The Morgan fingerprint density at radius 2 is 0.381 bits per heavy atom. The fourth-order valence-corrected chi connectivity index (χ4v) is 36.6. The van der Waals surface area contributed by atoms with Crippen molar-refractivity contribution in [1.82, 2.24) is 0 Å². The molecule has 8 nitrogen and oxygen atoms in total. The van der Waals surface area contributed by atoms with Gasteiger partial charge in [0.25, 0.3) is 0 Å². The van der Waals surface area contributed by atoms with Gasteiger partial charge in [-0.05, 0) is 440 Å². The molecular weight excluding hydrogens is 1790 g/mol. The summed E-state index contributed by atoms with van der Waals surface area (Å²) >= 11 is 0. The number of phenolic OH excluding ortho intramolecular Hbond substituents is 4. The first-order valence-corrected chi connectivity index (χ1v) is 58.4. The summed E-state index contributed by atoms with van der Waals surface area (Å²) in [6.07, 6.45) is 22.2. The molecule has 0 saturated heterocycles. The number of hydrogen-bond acceptors (Lipinski definition) is 8. The van der Waals surface area contributed by atoms with Gasteiger partial charge in [0.15, 0.2) is 0 Å². The van der Waals surface area contributed by atoms with Crippen molar-refractivity contribution in [3.8, 4) is 67.5 Å². The molecule has 0 aromatic heterocycles. The van der Waals surface area contributed by atoms with Gasteiger partial charge in [-0.1, -0.05) is 308 Å². The molecule has 0 amide bonds. The van der Waals surface area contributed by atoms with E-state index in [9.17, 15) is 20.4 Å². The topological polar surface area (TPSA) is 134 Å². The van der Waals surface area contributed by atoms with Crippen LogP contribution in [-0.4, -0.2) is 32.6 Å². The zero-order chi connectivity index (χ0) is 107. The monoisotopic (exact) mass is 1980 g/mol. The molecule has 1 fully saturated rings. The van der Waals surface area contributed by atoms with Crippen molar-refractivity contribution in [3.05, 3.63) is 246 Å². The van der Waals surface area contributed by atoms with Gasteiger partial charge >= 0.3 is 0 Å². The molecule has 0 spiro atoms. The Balaban J connectivity index is 0.752. The molecule has 0 heterocycles. The summed E-state index contributed by atoms with van der Waals surface area (Å²) in [6, 6.07) is 54.0. The number of hydrogen-bond donors (Lipinski definition) is 4.